The van der Waals surface area contributed by atoms with E-state index in [0.29, 0.717) is 12.8 Å². The van der Waals surface area contributed by atoms with Crippen LogP contribution in [0.25, 0.3) is 0 Å². The minimum Gasteiger partial charge on any atom is -0.513 e. The first-order chi connectivity index (χ1) is 7.68. The molecule has 1 fully saturated rings. The molecule has 2 N–H and O–H groups in total. The molecule has 3 heteroatoms. The van der Waals surface area contributed by atoms with Gasteiger partial charge in [0.2, 0.25) is 5.91 Å². The van der Waals surface area contributed by atoms with Crippen LogP contribution in [0.1, 0.15) is 51.4 Å². The van der Waals surface area contributed by atoms with Crippen LogP contribution in [-0.2, 0) is 4.79 Å². The summed E-state index contributed by atoms with van der Waals surface area (Å²) >= 11 is 0. The summed E-state index contributed by atoms with van der Waals surface area (Å²) in [6.07, 6.45) is 7.95. The van der Waals surface area contributed by atoms with E-state index in [4.69, 9.17) is 5.11 Å². The Balaban J connectivity index is 1.82. The first-order valence-corrected chi connectivity index (χ1v) is 6.32. The molecule has 0 radical (unpaired) electrons. The number of hydrogen-bond acceptors (Lipinski definition) is 2. The molecule has 1 aliphatic carbocycles. The van der Waals surface area contributed by atoms with Gasteiger partial charge in [-0.2, -0.15) is 0 Å². The van der Waals surface area contributed by atoms with Gasteiger partial charge >= 0.3 is 0 Å². The number of nitrogens with one attached hydrogen (secondary N) is 1. The Labute approximate surface area is 97.9 Å². The summed E-state index contributed by atoms with van der Waals surface area (Å²) in [5.74, 6) is 1.22. The molecule has 92 valence electrons. The molecule has 0 aliphatic heterocycles. The van der Waals surface area contributed by atoms with E-state index >= 15 is 0 Å². The second-order valence-corrected chi connectivity index (χ2v) is 4.73. The van der Waals surface area contributed by atoms with Crippen molar-refractivity contribution in [2.75, 3.05) is 6.54 Å². The predicted octanol–water partition coefficient (Wildman–Crippen LogP) is 2.92. The highest BCUT2D eigenvalue weighted by Gasteiger charge is 2.21. The molecule has 0 aromatic rings. The van der Waals surface area contributed by atoms with E-state index in [1.165, 1.54) is 12.8 Å². The van der Waals surface area contributed by atoms with Crippen molar-refractivity contribution in [3.05, 3.63) is 12.3 Å². The van der Waals surface area contributed by atoms with Crippen LogP contribution in [0.2, 0.25) is 0 Å². The van der Waals surface area contributed by atoms with Crippen LogP contribution < -0.4 is 5.32 Å². The molecule has 0 atom stereocenters. The Morgan fingerprint density at radius 1 is 1.19 bits per heavy atom. The van der Waals surface area contributed by atoms with Gasteiger partial charge in [0, 0.05) is 19.4 Å². The van der Waals surface area contributed by atoms with Crippen molar-refractivity contribution < 1.29 is 9.90 Å². The summed E-state index contributed by atoms with van der Waals surface area (Å²) in [5, 5.41) is 11.8. The zero-order valence-corrected chi connectivity index (χ0v) is 10.0. The Bertz CT molecular complexity index is 234. The van der Waals surface area contributed by atoms with Gasteiger partial charge < -0.3 is 10.4 Å². The number of amides is 1. The average molecular weight is 225 g/mol. The number of carbonyl (C=O) groups is 1. The van der Waals surface area contributed by atoms with E-state index in [9.17, 15) is 4.79 Å². The number of allylic oxidation sites excluding steroid dienone is 1. The minimum atomic E-state index is 0.193. The second kappa shape index (κ2) is 7.31. The van der Waals surface area contributed by atoms with E-state index in [-0.39, 0.29) is 11.7 Å². The lowest BCUT2D eigenvalue weighted by Gasteiger charge is -2.03. The van der Waals surface area contributed by atoms with Crippen molar-refractivity contribution in [2.45, 2.75) is 51.4 Å². The number of hydrogen-bond donors (Lipinski definition) is 2. The Kier molecular flexibility index (Phi) is 5.98. The number of unbranched alkanes of at least 4 members (excludes halogenated alkanes) is 3. The molecule has 0 unspecified atom stereocenters. The zero-order chi connectivity index (χ0) is 11.8. The molecule has 3 nitrogen and oxygen atoms in total. The maximum atomic E-state index is 11.4. The third-order valence-electron chi connectivity index (χ3n) is 2.90. The second-order valence-electron chi connectivity index (χ2n) is 4.73. The molecular formula is C13H23NO2. The first-order valence-electron chi connectivity index (χ1n) is 6.32. The number of aliphatic hydroxyl groups is 1. The van der Waals surface area contributed by atoms with Crippen molar-refractivity contribution in [1.82, 2.24) is 5.32 Å². The van der Waals surface area contributed by atoms with Gasteiger partial charge in [0.05, 0.1) is 5.76 Å². The van der Waals surface area contributed by atoms with Gasteiger partial charge in [-0.05, 0) is 31.6 Å². The van der Waals surface area contributed by atoms with Crippen molar-refractivity contribution in [3.8, 4) is 0 Å². The Morgan fingerprint density at radius 2 is 1.81 bits per heavy atom. The SMILES string of the molecule is C=C(O)CCCCCCC(=O)NCC1CC1. The number of aliphatic hydroxyl groups excluding tert-OH is 1. The summed E-state index contributed by atoms with van der Waals surface area (Å²) in [6, 6.07) is 0. The van der Waals surface area contributed by atoms with Crippen LogP contribution in [0, 0.1) is 5.92 Å². The lowest BCUT2D eigenvalue weighted by molar-refractivity contribution is -0.121. The van der Waals surface area contributed by atoms with Gasteiger partial charge in [-0.1, -0.05) is 19.4 Å². The Morgan fingerprint density at radius 3 is 2.38 bits per heavy atom. The van der Waals surface area contributed by atoms with Gasteiger partial charge in [0.15, 0.2) is 0 Å². The smallest absolute Gasteiger partial charge is 0.220 e. The fraction of sp³-hybridized carbons (Fsp3) is 0.769. The standard InChI is InChI=1S/C13H23NO2/c1-11(15)6-4-2-3-5-7-13(16)14-10-12-8-9-12/h12,15H,1-10H2,(H,14,16). The molecular weight excluding hydrogens is 202 g/mol. The van der Waals surface area contributed by atoms with Gasteiger partial charge in [0.25, 0.3) is 0 Å². The van der Waals surface area contributed by atoms with Crippen molar-refractivity contribution in [2.24, 2.45) is 5.92 Å². The minimum absolute atomic E-state index is 0.193. The lowest BCUT2D eigenvalue weighted by atomic mass is 10.1. The Hall–Kier alpha value is -0.990. The van der Waals surface area contributed by atoms with E-state index in [2.05, 4.69) is 11.9 Å². The van der Waals surface area contributed by atoms with Crippen LogP contribution in [0.4, 0.5) is 0 Å². The summed E-state index contributed by atoms with van der Waals surface area (Å²) in [4.78, 5) is 11.4. The van der Waals surface area contributed by atoms with E-state index in [1.54, 1.807) is 0 Å². The fourth-order valence-electron chi connectivity index (χ4n) is 1.64. The monoisotopic (exact) mass is 225 g/mol. The molecule has 1 rings (SSSR count). The van der Waals surface area contributed by atoms with Crippen molar-refractivity contribution in [3.63, 3.8) is 0 Å². The summed E-state index contributed by atoms with van der Waals surface area (Å²) in [7, 11) is 0. The van der Waals surface area contributed by atoms with E-state index < -0.39 is 0 Å². The summed E-state index contributed by atoms with van der Waals surface area (Å²) in [6.45, 7) is 4.32. The van der Waals surface area contributed by atoms with Crippen molar-refractivity contribution >= 4 is 5.91 Å². The van der Waals surface area contributed by atoms with Crippen LogP contribution >= 0.6 is 0 Å². The predicted molar refractivity (Wildman–Crippen MR) is 65.2 cm³/mol. The highest BCUT2D eigenvalue weighted by molar-refractivity contribution is 5.75. The topological polar surface area (TPSA) is 49.3 Å². The summed E-state index contributed by atoms with van der Waals surface area (Å²) < 4.78 is 0. The maximum Gasteiger partial charge on any atom is 0.220 e. The molecule has 0 spiro atoms. The van der Waals surface area contributed by atoms with Crippen LogP contribution in [0.3, 0.4) is 0 Å². The van der Waals surface area contributed by atoms with Gasteiger partial charge in [-0.3, -0.25) is 4.79 Å². The number of carbonyl (C=O) groups excluding carboxylic acids is 1. The molecule has 16 heavy (non-hydrogen) atoms. The molecule has 1 aliphatic rings. The van der Waals surface area contributed by atoms with Crippen LogP contribution in [0.5, 0.6) is 0 Å². The normalized spacial score (nSPS) is 14.8. The molecule has 1 saturated carbocycles. The molecule has 0 aromatic carbocycles. The molecule has 0 bridgehead atoms. The largest absolute Gasteiger partial charge is 0.513 e. The molecule has 0 heterocycles. The van der Waals surface area contributed by atoms with Crippen LogP contribution in [-0.4, -0.2) is 17.6 Å². The third kappa shape index (κ3) is 7.32. The van der Waals surface area contributed by atoms with Crippen molar-refractivity contribution in [1.29, 1.82) is 0 Å². The van der Waals surface area contributed by atoms with Gasteiger partial charge in [-0.15, -0.1) is 0 Å². The highest BCUT2D eigenvalue weighted by atomic mass is 16.3. The highest BCUT2D eigenvalue weighted by Crippen LogP contribution is 2.27. The third-order valence-corrected chi connectivity index (χ3v) is 2.90. The maximum absolute atomic E-state index is 11.4. The molecule has 0 saturated heterocycles. The number of rotatable bonds is 9. The van der Waals surface area contributed by atoms with Gasteiger partial charge in [0.1, 0.15) is 0 Å². The van der Waals surface area contributed by atoms with E-state index in [0.717, 1.165) is 38.1 Å². The fourth-order valence-corrected chi connectivity index (χ4v) is 1.64. The molecule has 0 aromatic heterocycles. The van der Waals surface area contributed by atoms with Gasteiger partial charge in [-0.25, -0.2) is 0 Å². The summed E-state index contributed by atoms with van der Waals surface area (Å²) in [5.41, 5.74) is 0. The first kappa shape index (κ1) is 13.1. The average Bonchev–Trinajstić information content (AvgIpc) is 3.03. The quantitative estimate of drug-likeness (QED) is 0.468. The van der Waals surface area contributed by atoms with E-state index in [1.807, 2.05) is 0 Å². The molecule has 1 amide bonds. The van der Waals surface area contributed by atoms with Crippen LogP contribution in [0.15, 0.2) is 12.3 Å². The lowest BCUT2D eigenvalue weighted by Crippen LogP contribution is -2.25. The zero-order valence-electron chi connectivity index (χ0n) is 10.0.